The van der Waals surface area contributed by atoms with E-state index in [0.717, 1.165) is 49.6 Å². The minimum absolute atomic E-state index is 0.0340. The van der Waals surface area contributed by atoms with E-state index < -0.39 is 16.8 Å². The van der Waals surface area contributed by atoms with Gasteiger partial charge in [0.05, 0.1) is 80.1 Å². The minimum Gasteiger partial charge on any atom is -0.495 e. The number of hydrogen-bond acceptors (Lipinski definition) is 21. The predicted octanol–water partition coefficient (Wildman–Crippen LogP) is 10.7. The summed E-state index contributed by atoms with van der Waals surface area (Å²) >= 11 is 9.69. The third kappa shape index (κ3) is 15.4. The number of carbonyl (C=O) groups excluding carboxylic acids is 2. The molecule has 7 N–H and O–H groups in total. The summed E-state index contributed by atoms with van der Waals surface area (Å²) in [6, 6.07) is 22.6. The fourth-order valence-electron chi connectivity index (χ4n) is 8.83. The Labute approximate surface area is 486 Å². The number of anilines is 7. The molecule has 2 amide bonds. The van der Waals surface area contributed by atoms with Crippen molar-refractivity contribution >= 4 is 116 Å². The first-order chi connectivity index (χ1) is 39.8. The van der Waals surface area contributed by atoms with Gasteiger partial charge in [-0.15, -0.1) is 0 Å². The van der Waals surface area contributed by atoms with Gasteiger partial charge in [-0.05, 0) is 100 Å². The molecular weight excluding hydrogens is 1140 g/mol. The van der Waals surface area contributed by atoms with Crippen LogP contribution >= 0.6 is 30.9 Å². The second-order valence-electron chi connectivity index (χ2n) is 18.3. The zero-order valence-electron chi connectivity index (χ0n) is 46.2. The van der Waals surface area contributed by atoms with Gasteiger partial charge in [0.25, 0.3) is 23.2 Å². The number of methoxy groups -OCH3 is 2. The first-order valence-corrected chi connectivity index (χ1v) is 29.0. The highest BCUT2D eigenvalue weighted by Gasteiger charge is 2.27. The smallest absolute Gasteiger partial charge is 0.404 e. The fraction of sp³-hybridized carbons (Fsp3) is 0.321. The lowest BCUT2D eigenvalue weighted by Gasteiger charge is -2.23. The summed E-state index contributed by atoms with van der Waals surface area (Å²) in [5.74, 6) is 1.44. The van der Waals surface area contributed by atoms with Gasteiger partial charge in [-0.1, -0.05) is 28.8 Å². The molecule has 0 radical (unpaired) electrons. The number of benzene rings is 4. The van der Waals surface area contributed by atoms with E-state index in [9.17, 15) is 34.4 Å². The number of carbonyl (C=O) groups is 2. The molecule has 27 nitrogen and oxygen atoms in total. The molecule has 4 aromatic carbocycles. The van der Waals surface area contributed by atoms with Crippen molar-refractivity contribution in [1.82, 2.24) is 50.1 Å². The number of hydrogen-bond donors (Lipinski definition) is 7. The number of thiol groups is 1. The van der Waals surface area contributed by atoms with E-state index in [2.05, 4.69) is 53.9 Å². The van der Waals surface area contributed by atoms with Gasteiger partial charge < -0.3 is 51.3 Å². The zero-order chi connectivity index (χ0) is 59.9. The van der Waals surface area contributed by atoms with E-state index in [-0.39, 0.29) is 52.6 Å². The second kappa shape index (κ2) is 28.7. The summed E-state index contributed by atoms with van der Waals surface area (Å²) in [4.78, 5) is 63.6. The molecule has 2 fully saturated rings. The van der Waals surface area contributed by atoms with Gasteiger partial charge in [0.15, 0.2) is 23.8 Å². The van der Waals surface area contributed by atoms with Crippen molar-refractivity contribution in [1.29, 1.82) is 0 Å². The molecule has 0 spiro atoms. The Kier molecular flexibility index (Phi) is 21.4. The van der Waals surface area contributed by atoms with Gasteiger partial charge in [0.2, 0.25) is 11.2 Å². The van der Waals surface area contributed by atoms with Gasteiger partial charge in [-0.25, -0.2) is 9.36 Å². The molecule has 2 saturated heterocycles. The average Bonchev–Trinajstić information content (AvgIpc) is 3.77. The predicted molar refractivity (Wildman–Crippen MR) is 319 cm³/mol. The average molecular weight is 1200 g/mol. The van der Waals surface area contributed by atoms with Crippen LogP contribution in [-0.2, 0) is 14.0 Å². The van der Waals surface area contributed by atoms with Crippen LogP contribution in [0.15, 0.2) is 84.9 Å². The third-order valence-electron chi connectivity index (χ3n) is 12.7. The number of nitrogens with zero attached hydrogens (tertiary/aromatic N) is 10. The van der Waals surface area contributed by atoms with Gasteiger partial charge in [-0.3, -0.25) is 29.8 Å². The summed E-state index contributed by atoms with van der Waals surface area (Å²) in [6.07, 6.45) is 5.30. The fourth-order valence-corrected chi connectivity index (χ4v) is 8.99. The molecule has 6 heterocycles. The van der Waals surface area contributed by atoms with E-state index in [0.29, 0.717) is 86.9 Å². The van der Waals surface area contributed by atoms with Gasteiger partial charge in [0, 0.05) is 51.6 Å². The number of para-hydroxylation sites is 2. The van der Waals surface area contributed by atoms with Crippen molar-refractivity contribution < 1.29 is 42.9 Å². The number of aryl methyl sites for hydroxylation is 2. The number of nitrogens with two attached hydrogens (primary N) is 1. The number of aromatic nitrogens is 8. The van der Waals surface area contributed by atoms with Crippen molar-refractivity contribution in [3.63, 3.8) is 0 Å². The van der Waals surface area contributed by atoms with Crippen molar-refractivity contribution in [2.45, 2.75) is 64.8 Å². The highest BCUT2D eigenvalue weighted by Crippen LogP contribution is 2.37. The van der Waals surface area contributed by atoms with Gasteiger partial charge in [0.1, 0.15) is 42.0 Å². The van der Waals surface area contributed by atoms with Crippen molar-refractivity contribution in [3.8, 4) is 11.5 Å². The SMILES string of the molecule is CNC(=O)c1ccccc1Nc1nc(Cl)nc2c1c(C)nn2C1CCCCO1.CNC(=O)c1ccccc1Nc1nc(Nc2cc([N+](=O)[O-])ccc2OC)nc2c1c(C)nn2C1CCCCO1.COc1ccc([N+](=O)[O-])cc1N.C[P+](=O)S. The molecule has 2 aliphatic heterocycles. The van der Waals surface area contributed by atoms with Crippen LogP contribution in [0, 0.1) is 34.1 Å². The number of amides is 2. The molecule has 4 aromatic heterocycles. The van der Waals surface area contributed by atoms with E-state index in [1.54, 1.807) is 54.4 Å². The molecule has 0 saturated carbocycles. The number of nitrogens with one attached hydrogen (secondary N) is 5. The molecule has 30 heteroatoms. The maximum Gasteiger partial charge on any atom is 0.404 e. The maximum atomic E-state index is 12.5. The van der Waals surface area contributed by atoms with Gasteiger partial charge in [-0.2, -0.15) is 30.1 Å². The molecular formula is C53H61ClN16O11PS+. The Hall–Kier alpha value is -8.82. The summed E-state index contributed by atoms with van der Waals surface area (Å²) in [6.45, 7) is 6.62. The van der Waals surface area contributed by atoms with Crippen LogP contribution in [0.2, 0.25) is 5.28 Å². The largest absolute Gasteiger partial charge is 0.495 e. The number of nitro groups is 2. The molecule has 0 aliphatic carbocycles. The lowest BCUT2D eigenvalue weighted by atomic mass is 10.1. The molecule has 8 aromatic rings. The lowest BCUT2D eigenvalue weighted by Crippen LogP contribution is -2.20. The highest BCUT2D eigenvalue weighted by molar-refractivity contribution is 8.40. The quantitative estimate of drug-likeness (QED) is 0.0133. The van der Waals surface area contributed by atoms with Crippen LogP contribution in [0.3, 0.4) is 0 Å². The standard InChI is InChI=1S/C26H28N8O5.C19H21ClN6O2.C7H8N2O3.CH3OPS/c1-15-22-23(28-18-9-5-4-8-17(18)25(35)27-2)30-26(29-19-14-16(34(36)37)11-12-20(19)38-3)31-24(22)33(32-15)21-10-6-7-13-39-21;1-11-15-16(22-13-8-4-3-7-12(13)18(27)21-2)23-19(20)24-17(15)26(25-11)14-9-5-6-10-28-14;1-12-7-3-2-5(9(10)11)4-6(7)8;1-3(2)4/h4-5,8-9,11-12,14,21H,6-7,10,13H2,1-3H3,(H,27,35)(H2,28,29,30,31);3-4,7-8,14H,5-6,9-10H2,1-2H3,(H,21,27)(H,22,23,24);2-4H,8H2,1H3;1H3/p+1. The molecule has 3 unspecified atom stereocenters. The first-order valence-electron chi connectivity index (χ1n) is 25.7. The van der Waals surface area contributed by atoms with Crippen LogP contribution in [-0.4, -0.2) is 109 Å². The zero-order valence-corrected chi connectivity index (χ0v) is 48.8. The normalized spacial score (nSPS) is 14.7. The molecule has 83 heavy (non-hydrogen) atoms. The number of rotatable bonds is 14. The highest BCUT2D eigenvalue weighted by atomic mass is 35.5. The summed E-state index contributed by atoms with van der Waals surface area (Å²) in [7, 11) is 4.91. The number of halogens is 1. The van der Waals surface area contributed by atoms with E-state index in [4.69, 9.17) is 51.3 Å². The van der Waals surface area contributed by atoms with E-state index >= 15 is 0 Å². The summed E-state index contributed by atoms with van der Waals surface area (Å²) < 4.78 is 35.1. The third-order valence-corrected chi connectivity index (χ3v) is 12.8. The van der Waals surface area contributed by atoms with Crippen molar-refractivity contribution in [2.75, 3.05) is 69.9 Å². The Bertz CT molecular complexity index is 3670. The molecule has 3 atom stereocenters. The number of nitro benzene ring substituents is 2. The summed E-state index contributed by atoms with van der Waals surface area (Å²) in [5.41, 5.74) is 10.6. The maximum absolute atomic E-state index is 12.5. The second-order valence-corrected chi connectivity index (χ2v) is 21.2. The van der Waals surface area contributed by atoms with Crippen LogP contribution < -0.4 is 41.8 Å². The Balaban J connectivity index is 0.000000194. The van der Waals surface area contributed by atoms with E-state index in [1.165, 1.54) is 50.6 Å². The number of non-ortho nitro benzene ring substituents is 2. The number of ether oxygens (including phenoxy) is 4. The van der Waals surface area contributed by atoms with E-state index in [1.807, 2.05) is 38.1 Å². The van der Waals surface area contributed by atoms with Crippen LogP contribution in [0.5, 0.6) is 11.5 Å². The summed E-state index contributed by atoms with van der Waals surface area (Å²) in [5, 5.41) is 47.5. The lowest BCUT2D eigenvalue weighted by molar-refractivity contribution is -0.385. The Morgan fingerprint density at radius 1 is 0.687 bits per heavy atom. The number of fused-ring (bicyclic) bond motifs is 2. The minimum atomic E-state index is -1.18. The van der Waals surface area contributed by atoms with Crippen LogP contribution in [0.25, 0.3) is 22.1 Å². The molecule has 0 bridgehead atoms. The molecule has 2 aliphatic rings. The monoisotopic (exact) mass is 1200 g/mol. The molecule has 436 valence electrons. The van der Waals surface area contributed by atoms with Crippen molar-refractivity contribution in [3.05, 3.63) is 133 Å². The molecule has 10 rings (SSSR count). The van der Waals surface area contributed by atoms with Gasteiger partial charge >= 0.3 is 7.00 Å². The Morgan fingerprint density at radius 3 is 1.59 bits per heavy atom. The number of nitrogen functional groups attached to an aromatic ring is 1. The Morgan fingerprint density at radius 2 is 1.14 bits per heavy atom. The topological polar surface area (TPSA) is 348 Å². The van der Waals surface area contributed by atoms with Crippen LogP contribution in [0.4, 0.5) is 51.7 Å². The van der Waals surface area contributed by atoms with Crippen LogP contribution in [0.1, 0.15) is 83.1 Å². The first kappa shape index (κ1) is 61.8. The van der Waals surface area contributed by atoms with Crippen molar-refractivity contribution in [2.24, 2.45) is 0 Å².